The Bertz CT molecular complexity index is 938. The SMILES string of the molecule is CC(=O)Nc1cc(S(=O)(=O)Nc2ccccc2N2CCCCC2)ccc1O. The highest BCUT2D eigenvalue weighted by Crippen LogP contribution is 2.32. The zero-order valence-corrected chi connectivity index (χ0v) is 15.9. The van der Waals surface area contributed by atoms with Crippen LogP contribution in [0.3, 0.4) is 0 Å². The highest BCUT2D eigenvalue weighted by atomic mass is 32.2. The monoisotopic (exact) mass is 389 g/mol. The topological polar surface area (TPSA) is 98.7 Å². The maximum atomic E-state index is 12.9. The number of piperidine rings is 1. The van der Waals surface area contributed by atoms with Crippen LogP contribution < -0.4 is 14.9 Å². The number of anilines is 3. The summed E-state index contributed by atoms with van der Waals surface area (Å²) in [5, 5.41) is 12.2. The molecule has 3 N–H and O–H groups in total. The van der Waals surface area contributed by atoms with Crippen molar-refractivity contribution in [1.82, 2.24) is 0 Å². The zero-order chi connectivity index (χ0) is 19.4. The van der Waals surface area contributed by atoms with Crippen molar-refractivity contribution >= 4 is 33.0 Å². The fourth-order valence-electron chi connectivity index (χ4n) is 3.15. The lowest BCUT2D eigenvalue weighted by atomic mass is 10.1. The zero-order valence-electron chi connectivity index (χ0n) is 15.1. The average Bonchev–Trinajstić information content (AvgIpc) is 2.64. The van der Waals surface area contributed by atoms with E-state index in [1.165, 1.54) is 31.5 Å². The predicted octanol–water partition coefficient (Wildman–Crippen LogP) is 3.14. The van der Waals surface area contributed by atoms with E-state index in [2.05, 4.69) is 14.9 Å². The molecule has 0 spiro atoms. The van der Waals surface area contributed by atoms with Crippen molar-refractivity contribution in [2.24, 2.45) is 0 Å². The number of phenols is 1. The van der Waals surface area contributed by atoms with E-state index in [0.29, 0.717) is 5.69 Å². The second kappa shape index (κ2) is 7.87. The Labute approximate surface area is 159 Å². The predicted molar refractivity (Wildman–Crippen MR) is 106 cm³/mol. The lowest BCUT2D eigenvalue weighted by Gasteiger charge is -2.30. The number of aromatic hydroxyl groups is 1. The lowest BCUT2D eigenvalue weighted by molar-refractivity contribution is -0.114. The number of rotatable bonds is 5. The molecule has 0 saturated carbocycles. The Morgan fingerprint density at radius 1 is 1.04 bits per heavy atom. The third-order valence-electron chi connectivity index (χ3n) is 4.43. The van der Waals surface area contributed by atoms with E-state index in [1.807, 2.05) is 12.1 Å². The fraction of sp³-hybridized carbons (Fsp3) is 0.316. The van der Waals surface area contributed by atoms with Gasteiger partial charge in [0.2, 0.25) is 5.91 Å². The summed E-state index contributed by atoms with van der Waals surface area (Å²) in [6.07, 6.45) is 3.35. The summed E-state index contributed by atoms with van der Waals surface area (Å²) in [6.45, 7) is 3.07. The molecule has 0 atom stereocenters. The van der Waals surface area contributed by atoms with Crippen LogP contribution in [-0.2, 0) is 14.8 Å². The molecule has 27 heavy (non-hydrogen) atoms. The summed E-state index contributed by atoms with van der Waals surface area (Å²) < 4.78 is 28.4. The third kappa shape index (κ3) is 4.51. The van der Waals surface area contributed by atoms with Gasteiger partial charge in [0.1, 0.15) is 5.75 Å². The van der Waals surface area contributed by atoms with Gasteiger partial charge in [-0.3, -0.25) is 9.52 Å². The number of carbonyl (C=O) groups is 1. The first kappa shape index (κ1) is 19.0. The van der Waals surface area contributed by atoms with Crippen molar-refractivity contribution in [3.63, 3.8) is 0 Å². The quantitative estimate of drug-likeness (QED) is 0.683. The summed E-state index contributed by atoms with van der Waals surface area (Å²) in [7, 11) is -3.89. The number of benzene rings is 2. The molecule has 1 aliphatic rings. The summed E-state index contributed by atoms with van der Waals surface area (Å²) in [5.41, 5.74) is 1.41. The first-order valence-corrected chi connectivity index (χ1v) is 10.3. The van der Waals surface area contributed by atoms with Crippen LogP contribution in [0.15, 0.2) is 47.4 Å². The van der Waals surface area contributed by atoms with Crippen LogP contribution in [0.25, 0.3) is 0 Å². The molecule has 7 nitrogen and oxygen atoms in total. The largest absolute Gasteiger partial charge is 0.506 e. The number of carbonyl (C=O) groups excluding carboxylic acids is 1. The Morgan fingerprint density at radius 3 is 2.44 bits per heavy atom. The Kier molecular flexibility index (Phi) is 5.55. The number of nitrogens with zero attached hydrogens (tertiary/aromatic N) is 1. The first-order valence-electron chi connectivity index (χ1n) is 8.84. The molecule has 0 unspecified atom stereocenters. The highest BCUT2D eigenvalue weighted by Gasteiger charge is 2.20. The molecule has 0 bridgehead atoms. The van der Waals surface area contributed by atoms with E-state index in [-0.39, 0.29) is 16.3 Å². The van der Waals surface area contributed by atoms with Crippen molar-refractivity contribution in [2.75, 3.05) is 28.0 Å². The molecule has 2 aromatic carbocycles. The molecule has 0 aromatic heterocycles. The van der Waals surface area contributed by atoms with Gasteiger partial charge < -0.3 is 15.3 Å². The minimum Gasteiger partial charge on any atom is -0.506 e. The van der Waals surface area contributed by atoms with Crippen LogP contribution in [0.4, 0.5) is 17.1 Å². The molecule has 144 valence electrons. The number of phenolic OH excluding ortho intramolecular Hbond substituents is 1. The van der Waals surface area contributed by atoms with E-state index in [1.54, 1.807) is 12.1 Å². The Morgan fingerprint density at radius 2 is 1.74 bits per heavy atom. The molecule has 1 fully saturated rings. The van der Waals surface area contributed by atoms with Gasteiger partial charge in [-0.1, -0.05) is 12.1 Å². The Balaban J connectivity index is 1.90. The maximum Gasteiger partial charge on any atom is 0.262 e. The van der Waals surface area contributed by atoms with Gasteiger partial charge in [-0.25, -0.2) is 8.42 Å². The number of para-hydroxylation sites is 2. The van der Waals surface area contributed by atoms with Crippen LogP contribution >= 0.6 is 0 Å². The standard InChI is InChI=1S/C19H23N3O4S/c1-14(23)20-17-13-15(9-10-19(17)24)27(25,26)21-16-7-3-4-8-18(16)22-11-5-2-6-12-22/h3-4,7-10,13,21,24H,2,5-6,11-12H2,1H3,(H,20,23). The van der Waals surface area contributed by atoms with Gasteiger partial charge >= 0.3 is 0 Å². The highest BCUT2D eigenvalue weighted by molar-refractivity contribution is 7.92. The van der Waals surface area contributed by atoms with Gasteiger partial charge in [0.15, 0.2) is 0 Å². The lowest BCUT2D eigenvalue weighted by Crippen LogP contribution is -2.30. The van der Waals surface area contributed by atoms with E-state index in [9.17, 15) is 18.3 Å². The second-order valence-corrected chi connectivity index (χ2v) is 8.21. The minimum absolute atomic E-state index is 0.0440. The second-order valence-electron chi connectivity index (χ2n) is 6.53. The van der Waals surface area contributed by atoms with Crippen LogP contribution in [0.1, 0.15) is 26.2 Å². The van der Waals surface area contributed by atoms with Gasteiger partial charge in [0.25, 0.3) is 10.0 Å². The number of amides is 1. The average molecular weight is 389 g/mol. The molecule has 3 rings (SSSR count). The number of sulfonamides is 1. The van der Waals surface area contributed by atoms with Gasteiger partial charge in [0.05, 0.1) is 22.0 Å². The first-order chi connectivity index (χ1) is 12.9. The number of hydrogen-bond donors (Lipinski definition) is 3. The van der Waals surface area contributed by atoms with Crippen molar-refractivity contribution < 1.29 is 18.3 Å². The van der Waals surface area contributed by atoms with Crippen LogP contribution in [-0.4, -0.2) is 32.5 Å². The molecule has 0 radical (unpaired) electrons. The van der Waals surface area contributed by atoms with Gasteiger partial charge in [-0.15, -0.1) is 0 Å². The van der Waals surface area contributed by atoms with Gasteiger partial charge in [-0.05, 0) is 49.6 Å². The van der Waals surface area contributed by atoms with Crippen LogP contribution in [0, 0.1) is 0 Å². The summed E-state index contributed by atoms with van der Waals surface area (Å²) in [6, 6.07) is 11.1. The molecule has 8 heteroatoms. The van der Waals surface area contributed by atoms with Crippen molar-refractivity contribution in [3.05, 3.63) is 42.5 Å². The fourth-order valence-corrected chi connectivity index (χ4v) is 4.25. The molecule has 1 saturated heterocycles. The third-order valence-corrected chi connectivity index (χ3v) is 5.80. The van der Waals surface area contributed by atoms with Gasteiger partial charge in [-0.2, -0.15) is 0 Å². The van der Waals surface area contributed by atoms with E-state index < -0.39 is 15.9 Å². The van der Waals surface area contributed by atoms with E-state index in [0.717, 1.165) is 31.6 Å². The molecule has 0 aliphatic carbocycles. The van der Waals surface area contributed by atoms with Crippen molar-refractivity contribution in [2.45, 2.75) is 31.1 Å². The summed E-state index contributed by atoms with van der Waals surface area (Å²) >= 11 is 0. The van der Waals surface area contributed by atoms with Crippen molar-refractivity contribution in [3.8, 4) is 5.75 Å². The molecular weight excluding hydrogens is 366 g/mol. The number of hydrogen-bond acceptors (Lipinski definition) is 5. The molecule has 1 amide bonds. The molecular formula is C19H23N3O4S. The molecule has 2 aromatic rings. The molecule has 1 heterocycles. The van der Waals surface area contributed by atoms with E-state index in [4.69, 9.17) is 0 Å². The molecule has 1 aliphatic heterocycles. The van der Waals surface area contributed by atoms with Crippen LogP contribution in [0.2, 0.25) is 0 Å². The van der Waals surface area contributed by atoms with E-state index >= 15 is 0 Å². The normalized spacial score (nSPS) is 14.6. The number of nitrogens with one attached hydrogen (secondary N) is 2. The van der Waals surface area contributed by atoms with Crippen molar-refractivity contribution in [1.29, 1.82) is 0 Å². The Hall–Kier alpha value is -2.74. The van der Waals surface area contributed by atoms with Gasteiger partial charge in [0, 0.05) is 20.0 Å². The minimum atomic E-state index is -3.89. The summed E-state index contributed by atoms with van der Waals surface area (Å²) in [4.78, 5) is 13.4. The maximum absolute atomic E-state index is 12.9. The summed E-state index contributed by atoms with van der Waals surface area (Å²) in [5.74, 6) is -0.596. The smallest absolute Gasteiger partial charge is 0.262 e. The van der Waals surface area contributed by atoms with Crippen LogP contribution in [0.5, 0.6) is 5.75 Å².